The summed E-state index contributed by atoms with van der Waals surface area (Å²) in [7, 11) is 2.61. The lowest BCUT2D eigenvalue weighted by molar-refractivity contribution is -0.157. The first kappa shape index (κ1) is 31.9. The van der Waals surface area contributed by atoms with E-state index in [9.17, 15) is 19.2 Å². The number of methoxy groups -OCH3 is 2. The number of nitrogens with one attached hydrogen (secondary N) is 1. The average Bonchev–Trinajstić information content (AvgIpc) is 3.02. The van der Waals surface area contributed by atoms with E-state index in [0.29, 0.717) is 6.42 Å². The lowest BCUT2D eigenvalue weighted by Gasteiger charge is -2.30. The normalized spacial score (nSPS) is 20.7. The molecule has 13 nitrogen and oxygen atoms in total. The molecule has 0 spiro atoms. The molecule has 3 rings (SSSR count). The highest BCUT2D eigenvalue weighted by Gasteiger charge is 2.36. The Labute approximate surface area is 243 Å². The van der Waals surface area contributed by atoms with Gasteiger partial charge in [0.05, 0.1) is 39.8 Å². The second-order valence-corrected chi connectivity index (χ2v) is 9.17. The van der Waals surface area contributed by atoms with E-state index >= 15 is 0 Å². The van der Waals surface area contributed by atoms with Crippen molar-refractivity contribution in [2.45, 2.75) is 38.5 Å². The molecule has 0 aliphatic carbocycles. The van der Waals surface area contributed by atoms with E-state index in [1.54, 1.807) is 6.92 Å². The summed E-state index contributed by atoms with van der Waals surface area (Å²) in [5.74, 6) is -2.97. The third kappa shape index (κ3) is 9.20. The Hall–Kier alpha value is -4.65. The molecule has 0 bridgehead atoms. The van der Waals surface area contributed by atoms with Gasteiger partial charge < -0.3 is 38.5 Å². The van der Waals surface area contributed by atoms with Crippen LogP contribution in [0.3, 0.4) is 0 Å². The van der Waals surface area contributed by atoms with Gasteiger partial charge in [-0.1, -0.05) is 30.3 Å². The summed E-state index contributed by atoms with van der Waals surface area (Å²) < 4.78 is 37.6. The molecule has 2 aromatic rings. The summed E-state index contributed by atoms with van der Waals surface area (Å²) in [6.45, 7) is 2.31. The molecule has 1 N–H and O–H groups in total. The summed E-state index contributed by atoms with van der Waals surface area (Å²) in [5.41, 5.74) is 0.794. The number of esters is 3. The lowest BCUT2D eigenvalue weighted by atomic mass is 9.91. The maximum atomic E-state index is 13.3. The molecule has 1 amide bonds. The quantitative estimate of drug-likeness (QED) is 0.134. The molecule has 13 heteroatoms. The molecule has 1 saturated heterocycles. The highest BCUT2D eigenvalue weighted by atomic mass is 16.7. The van der Waals surface area contributed by atoms with E-state index in [1.807, 2.05) is 30.3 Å². The summed E-state index contributed by atoms with van der Waals surface area (Å²) in [6.07, 6.45) is 2.66. The Morgan fingerprint density at radius 3 is 2.57 bits per heavy atom. The van der Waals surface area contributed by atoms with Crippen LogP contribution in [0.2, 0.25) is 0 Å². The van der Waals surface area contributed by atoms with Crippen LogP contribution in [0.15, 0.2) is 54.9 Å². The van der Waals surface area contributed by atoms with Crippen LogP contribution < -0.4 is 14.8 Å². The number of cyclic esters (lactones) is 1. The van der Waals surface area contributed by atoms with E-state index in [4.69, 9.17) is 28.4 Å². The monoisotopic (exact) mass is 586 g/mol. The Bertz CT molecular complexity index is 1250. The number of hydrogen-bond acceptors (Lipinski definition) is 12. The van der Waals surface area contributed by atoms with Gasteiger partial charge in [0.1, 0.15) is 12.2 Å². The first-order chi connectivity index (χ1) is 20.2. The number of carbonyl (C=O) groups is 4. The fourth-order valence-electron chi connectivity index (χ4n) is 4.17. The fraction of sp³-hybridized carbons (Fsp3) is 0.414. The Morgan fingerprint density at radius 1 is 1.12 bits per heavy atom. The van der Waals surface area contributed by atoms with Crippen molar-refractivity contribution in [3.63, 3.8) is 0 Å². The molecule has 1 aliphatic rings. The number of pyridine rings is 1. The summed E-state index contributed by atoms with van der Waals surface area (Å²) >= 11 is 0. The predicted molar refractivity (Wildman–Crippen MR) is 145 cm³/mol. The van der Waals surface area contributed by atoms with Crippen molar-refractivity contribution in [1.29, 1.82) is 0 Å². The van der Waals surface area contributed by atoms with Crippen molar-refractivity contribution in [3.8, 4) is 11.5 Å². The highest BCUT2D eigenvalue weighted by Crippen LogP contribution is 2.30. The van der Waals surface area contributed by atoms with Gasteiger partial charge >= 0.3 is 17.9 Å². The molecule has 1 fully saturated rings. The maximum absolute atomic E-state index is 13.3. The summed E-state index contributed by atoms with van der Waals surface area (Å²) in [6, 6.07) is 9.87. The lowest BCUT2D eigenvalue weighted by Crippen LogP contribution is -2.46. The zero-order valence-electron chi connectivity index (χ0n) is 23.8. The molecule has 1 aromatic heterocycles. The van der Waals surface area contributed by atoms with Crippen molar-refractivity contribution < 1.29 is 52.3 Å². The number of carbonyl (C=O) groups excluding carboxylic acids is 4. The van der Waals surface area contributed by atoms with Gasteiger partial charge in [0.15, 0.2) is 23.2 Å². The molecule has 1 aromatic carbocycles. The van der Waals surface area contributed by atoms with E-state index in [0.717, 1.165) is 11.6 Å². The molecule has 0 saturated carbocycles. The van der Waals surface area contributed by atoms with Gasteiger partial charge in [0, 0.05) is 25.1 Å². The molecule has 226 valence electrons. The minimum atomic E-state index is -1.21. The van der Waals surface area contributed by atoms with Gasteiger partial charge in [0.2, 0.25) is 6.79 Å². The van der Waals surface area contributed by atoms with Gasteiger partial charge in [-0.05, 0) is 18.9 Å². The summed E-state index contributed by atoms with van der Waals surface area (Å²) in [5, 5.41) is 2.58. The zero-order valence-corrected chi connectivity index (χ0v) is 23.8. The van der Waals surface area contributed by atoms with E-state index in [2.05, 4.69) is 15.0 Å². The van der Waals surface area contributed by atoms with Crippen LogP contribution in [0.1, 0.15) is 29.9 Å². The number of amides is 1. The number of benzene rings is 1. The SMILES string of the molecule is COC(=O)C=COC1C(Cc2ccccc2)COCC(NC(=O)c2nccc(OC)c2OCOC(C)=O)C(=O)OC1C. The first-order valence-corrected chi connectivity index (χ1v) is 13.1. The van der Waals surface area contributed by atoms with Crippen molar-refractivity contribution in [3.05, 3.63) is 66.2 Å². The topological polar surface area (TPSA) is 158 Å². The Balaban J connectivity index is 1.80. The average molecular weight is 587 g/mol. The van der Waals surface area contributed by atoms with Crippen molar-refractivity contribution in [2.24, 2.45) is 5.92 Å². The van der Waals surface area contributed by atoms with Crippen LogP contribution in [-0.2, 0) is 44.5 Å². The number of hydrogen-bond donors (Lipinski definition) is 1. The molecule has 1 aliphatic heterocycles. The minimum absolute atomic E-state index is 0.0850. The Kier molecular flexibility index (Phi) is 12.1. The van der Waals surface area contributed by atoms with Crippen LogP contribution >= 0.6 is 0 Å². The van der Waals surface area contributed by atoms with Gasteiger partial charge in [-0.2, -0.15) is 0 Å². The largest absolute Gasteiger partial charge is 0.494 e. The first-order valence-electron chi connectivity index (χ1n) is 13.1. The van der Waals surface area contributed by atoms with E-state index in [1.165, 1.54) is 39.7 Å². The van der Waals surface area contributed by atoms with Gasteiger partial charge in [-0.25, -0.2) is 14.6 Å². The number of rotatable bonds is 11. The van der Waals surface area contributed by atoms with Crippen molar-refractivity contribution in [2.75, 3.05) is 34.2 Å². The van der Waals surface area contributed by atoms with Crippen LogP contribution in [0.5, 0.6) is 11.5 Å². The van der Waals surface area contributed by atoms with E-state index < -0.39 is 48.9 Å². The molecule has 4 unspecified atom stereocenters. The van der Waals surface area contributed by atoms with E-state index in [-0.39, 0.29) is 36.3 Å². The maximum Gasteiger partial charge on any atom is 0.333 e. The molecule has 4 atom stereocenters. The number of ether oxygens (including phenoxy) is 7. The summed E-state index contributed by atoms with van der Waals surface area (Å²) in [4.78, 5) is 53.2. The third-order valence-corrected chi connectivity index (χ3v) is 6.19. The molecule has 0 radical (unpaired) electrons. The standard InChI is InChI=1S/C29H34N2O11/c1-18-26(39-13-11-24(33)37-4)21(14-20-8-6-5-7-9-20)15-38-16-22(29(35)42-18)31-28(34)25-27(41-17-40-19(2)32)23(36-3)10-12-30-25/h5-13,18,21-22,26H,14-17H2,1-4H3,(H,31,34). The molecule has 2 heterocycles. The van der Waals surface area contributed by atoms with Crippen LogP contribution in [0, 0.1) is 5.92 Å². The molecular formula is C29H34N2O11. The highest BCUT2D eigenvalue weighted by molar-refractivity contribution is 5.98. The zero-order chi connectivity index (χ0) is 30.5. The smallest absolute Gasteiger partial charge is 0.333 e. The van der Waals surface area contributed by atoms with Crippen molar-refractivity contribution in [1.82, 2.24) is 10.3 Å². The van der Waals surface area contributed by atoms with Crippen molar-refractivity contribution >= 4 is 23.8 Å². The molecule has 42 heavy (non-hydrogen) atoms. The van der Waals surface area contributed by atoms with Crippen LogP contribution in [0.25, 0.3) is 0 Å². The second-order valence-electron chi connectivity index (χ2n) is 9.17. The van der Waals surface area contributed by atoms with Gasteiger partial charge in [-0.15, -0.1) is 0 Å². The molecular weight excluding hydrogens is 552 g/mol. The number of aromatic nitrogens is 1. The van der Waals surface area contributed by atoms with Crippen LogP contribution in [0.4, 0.5) is 0 Å². The third-order valence-electron chi connectivity index (χ3n) is 6.19. The Morgan fingerprint density at radius 2 is 1.88 bits per heavy atom. The minimum Gasteiger partial charge on any atom is -0.494 e. The second kappa shape index (κ2) is 16.0. The number of nitrogens with zero attached hydrogens (tertiary/aromatic N) is 1. The fourth-order valence-corrected chi connectivity index (χ4v) is 4.17. The predicted octanol–water partition coefficient (Wildman–Crippen LogP) is 1.98. The van der Waals surface area contributed by atoms with Gasteiger partial charge in [0.25, 0.3) is 5.91 Å². The van der Waals surface area contributed by atoms with Gasteiger partial charge in [-0.3, -0.25) is 9.59 Å². The van der Waals surface area contributed by atoms with Crippen LogP contribution in [-0.4, -0.2) is 81.3 Å².